The highest BCUT2D eigenvalue weighted by Gasteiger charge is 2.19. The predicted octanol–water partition coefficient (Wildman–Crippen LogP) is 1.87. The SMILES string of the molecule is C=C(C)C(=O)OCC[N+](C)(C)NOC(=O)Cc1c[nH]c2ccccc12. The Morgan fingerprint density at radius 3 is 2.72 bits per heavy atom. The number of para-hydroxylation sites is 1. The van der Waals surface area contributed by atoms with Gasteiger partial charge in [0, 0.05) is 28.3 Å². The normalized spacial score (nSPS) is 11.3. The Balaban J connectivity index is 1.80. The molecule has 0 amide bonds. The Labute approximate surface area is 146 Å². The third-order valence-corrected chi connectivity index (χ3v) is 3.65. The maximum Gasteiger partial charge on any atom is 0.335 e. The van der Waals surface area contributed by atoms with Crippen molar-refractivity contribution in [1.82, 2.24) is 10.6 Å². The largest absolute Gasteiger partial charge is 0.456 e. The lowest BCUT2D eigenvalue weighted by Crippen LogP contribution is -2.54. The van der Waals surface area contributed by atoms with E-state index in [1.807, 2.05) is 30.5 Å². The highest BCUT2D eigenvalue weighted by Crippen LogP contribution is 2.18. The lowest BCUT2D eigenvalue weighted by atomic mass is 10.1. The van der Waals surface area contributed by atoms with Gasteiger partial charge >= 0.3 is 11.9 Å². The quantitative estimate of drug-likeness (QED) is 0.330. The van der Waals surface area contributed by atoms with E-state index in [-0.39, 0.29) is 17.6 Å². The van der Waals surface area contributed by atoms with Crippen LogP contribution in [-0.4, -0.2) is 48.8 Å². The molecule has 0 aliphatic heterocycles. The molecule has 0 bridgehead atoms. The number of fused-ring (bicyclic) bond motifs is 1. The van der Waals surface area contributed by atoms with Crippen molar-refractivity contribution in [2.24, 2.45) is 0 Å². The zero-order valence-corrected chi connectivity index (χ0v) is 14.8. The highest BCUT2D eigenvalue weighted by atomic mass is 16.7. The summed E-state index contributed by atoms with van der Waals surface area (Å²) in [6, 6.07) is 7.77. The number of hydrogen-bond acceptors (Lipinski definition) is 5. The third kappa shape index (κ3) is 5.44. The van der Waals surface area contributed by atoms with E-state index in [9.17, 15) is 9.59 Å². The Kier molecular flexibility index (Phi) is 5.95. The summed E-state index contributed by atoms with van der Waals surface area (Å²) in [5.41, 5.74) is 4.89. The molecule has 0 saturated heterocycles. The average Bonchev–Trinajstić information content (AvgIpc) is 2.96. The first-order chi connectivity index (χ1) is 11.8. The van der Waals surface area contributed by atoms with Gasteiger partial charge in [-0.05, 0) is 18.6 Å². The average molecular weight is 346 g/mol. The van der Waals surface area contributed by atoms with E-state index in [1.165, 1.54) is 0 Å². The smallest absolute Gasteiger partial charge is 0.335 e. The summed E-state index contributed by atoms with van der Waals surface area (Å²) < 4.78 is 5.20. The molecule has 0 unspecified atom stereocenters. The number of benzene rings is 1. The van der Waals surface area contributed by atoms with Gasteiger partial charge in [0.25, 0.3) is 0 Å². The van der Waals surface area contributed by atoms with Gasteiger partial charge in [0.1, 0.15) is 13.2 Å². The Morgan fingerprint density at radius 2 is 2.00 bits per heavy atom. The zero-order chi connectivity index (χ0) is 18.4. The summed E-state index contributed by atoms with van der Waals surface area (Å²) in [5.74, 6) is -0.828. The second-order valence-corrected chi connectivity index (χ2v) is 6.43. The van der Waals surface area contributed by atoms with Gasteiger partial charge in [0.15, 0.2) is 0 Å². The molecule has 2 aromatic rings. The van der Waals surface area contributed by atoms with Crippen LogP contribution in [0.25, 0.3) is 10.9 Å². The molecule has 0 aliphatic carbocycles. The standard InChI is InChI=1S/C18H24N3O4/c1-13(2)18(23)24-10-9-21(3,4)20-25-17(22)11-14-12-19-16-8-6-5-7-15(14)16/h5-8,12,19-20H,1,9-11H2,2-4H3/q+1. The summed E-state index contributed by atoms with van der Waals surface area (Å²) in [6.45, 7) is 5.73. The number of aromatic amines is 1. The van der Waals surface area contributed by atoms with E-state index in [0.29, 0.717) is 12.1 Å². The summed E-state index contributed by atoms with van der Waals surface area (Å²) in [6.07, 6.45) is 1.96. The van der Waals surface area contributed by atoms with Crippen molar-refractivity contribution < 1.29 is 23.8 Å². The van der Waals surface area contributed by atoms with Crippen LogP contribution in [-0.2, 0) is 25.6 Å². The number of rotatable bonds is 8. The topological polar surface area (TPSA) is 80.4 Å². The molecule has 7 nitrogen and oxygen atoms in total. The first-order valence-electron chi connectivity index (χ1n) is 7.96. The van der Waals surface area contributed by atoms with Crippen molar-refractivity contribution in [3.8, 4) is 0 Å². The van der Waals surface area contributed by atoms with Gasteiger partial charge < -0.3 is 14.6 Å². The fourth-order valence-electron chi connectivity index (χ4n) is 2.18. The summed E-state index contributed by atoms with van der Waals surface area (Å²) >= 11 is 0. The van der Waals surface area contributed by atoms with E-state index >= 15 is 0 Å². The van der Waals surface area contributed by atoms with Gasteiger partial charge in [-0.25, -0.2) is 14.2 Å². The number of quaternary nitrogens is 1. The Morgan fingerprint density at radius 1 is 1.28 bits per heavy atom. The molecule has 0 aliphatic rings. The fraction of sp³-hybridized carbons (Fsp3) is 0.333. The minimum absolute atomic E-state index is 0.154. The van der Waals surface area contributed by atoms with Gasteiger partial charge in [0.2, 0.25) is 0 Å². The van der Waals surface area contributed by atoms with Crippen molar-refractivity contribution in [3.05, 3.63) is 48.2 Å². The van der Waals surface area contributed by atoms with Crippen LogP contribution in [0, 0.1) is 0 Å². The molecule has 0 fully saturated rings. The molecule has 0 spiro atoms. The molecular weight excluding hydrogens is 322 g/mol. The van der Waals surface area contributed by atoms with Crippen molar-refractivity contribution in [1.29, 1.82) is 0 Å². The van der Waals surface area contributed by atoms with Crippen LogP contribution in [0.15, 0.2) is 42.6 Å². The second-order valence-electron chi connectivity index (χ2n) is 6.43. The molecule has 0 radical (unpaired) electrons. The molecule has 134 valence electrons. The van der Waals surface area contributed by atoms with Crippen LogP contribution >= 0.6 is 0 Å². The molecule has 0 saturated carbocycles. The number of aromatic nitrogens is 1. The Hall–Kier alpha value is -2.64. The van der Waals surface area contributed by atoms with Crippen LogP contribution in [0.2, 0.25) is 0 Å². The van der Waals surface area contributed by atoms with Crippen LogP contribution in [0.1, 0.15) is 12.5 Å². The second kappa shape index (κ2) is 7.96. The van der Waals surface area contributed by atoms with E-state index in [1.54, 1.807) is 21.0 Å². The first kappa shape index (κ1) is 18.7. The number of ether oxygens (including phenoxy) is 1. The third-order valence-electron chi connectivity index (χ3n) is 3.65. The van der Waals surface area contributed by atoms with Crippen LogP contribution in [0.5, 0.6) is 0 Å². The van der Waals surface area contributed by atoms with Gasteiger partial charge in [-0.1, -0.05) is 24.8 Å². The molecule has 1 aromatic carbocycles. The van der Waals surface area contributed by atoms with Gasteiger partial charge in [-0.15, -0.1) is 0 Å². The molecule has 25 heavy (non-hydrogen) atoms. The van der Waals surface area contributed by atoms with Crippen molar-refractivity contribution in [3.63, 3.8) is 0 Å². The highest BCUT2D eigenvalue weighted by molar-refractivity contribution is 5.87. The molecule has 1 heterocycles. The Bertz CT molecular complexity index is 779. The van der Waals surface area contributed by atoms with Gasteiger partial charge in [-0.3, -0.25) is 0 Å². The van der Waals surface area contributed by atoms with E-state index in [0.717, 1.165) is 16.5 Å². The number of carbonyl (C=O) groups is 2. The number of esters is 1. The number of carbonyl (C=O) groups excluding carboxylic acids is 2. The van der Waals surface area contributed by atoms with Crippen LogP contribution in [0.4, 0.5) is 0 Å². The fourth-order valence-corrected chi connectivity index (χ4v) is 2.18. The molecule has 7 heteroatoms. The van der Waals surface area contributed by atoms with E-state index < -0.39 is 11.9 Å². The number of nitrogens with one attached hydrogen (secondary N) is 2. The first-order valence-corrected chi connectivity index (χ1v) is 7.96. The summed E-state index contributed by atoms with van der Waals surface area (Å²) in [5, 5.41) is 1.000. The minimum atomic E-state index is -0.434. The minimum Gasteiger partial charge on any atom is -0.456 e. The number of likely N-dealkylation sites (N-methyl/N-ethyl adjacent to an activating group) is 1. The van der Waals surface area contributed by atoms with Crippen molar-refractivity contribution in [2.75, 3.05) is 27.2 Å². The van der Waals surface area contributed by atoms with Crippen LogP contribution in [0.3, 0.4) is 0 Å². The maximum absolute atomic E-state index is 12.1. The number of hydrogen-bond donors (Lipinski definition) is 2. The molecule has 2 N–H and O–H groups in total. The molecular formula is C18H24N3O4+. The monoisotopic (exact) mass is 346 g/mol. The zero-order valence-electron chi connectivity index (χ0n) is 14.8. The summed E-state index contributed by atoms with van der Waals surface area (Å²) in [4.78, 5) is 31.7. The van der Waals surface area contributed by atoms with E-state index in [2.05, 4.69) is 17.2 Å². The van der Waals surface area contributed by atoms with E-state index in [4.69, 9.17) is 9.57 Å². The maximum atomic E-state index is 12.1. The predicted molar refractivity (Wildman–Crippen MR) is 94.0 cm³/mol. The van der Waals surface area contributed by atoms with Crippen molar-refractivity contribution >= 4 is 22.8 Å². The lowest BCUT2D eigenvalue weighted by Gasteiger charge is -2.27. The number of nitrogens with zero attached hydrogens (tertiary/aromatic N) is 1. The summed E-state index contributed by atoms with van der Waals surface area (Å²) in [7, 11) is 3.60. The van der Waals surface area contributed by atoms with Crippen molar-refractivity contribution in [2.45, 2.75) is 13.3 Å². The van der Waals surface area contributed by atoms with Gasteiger partial charge in [0.05, 0.1) is 20.5 Å². The number of H-pyrrole nitrogens is 1. The molecule has 2 rings (SSSR count). The lowest BCUT2D eigenvalue weighted by molar-refractivity contribution is -0.958. The van der Waals surface area contributed by atoms with Gasteiger partial charge in [-0.2, -0.15) is 0 Å². The van der Waals surface area contributed by atoms with Crippen LogP contribution < -0.4 is 5.59 Å². The molecule has 1 aromatic heterocycles. The molecule has 0 atom stereocenters.